The van der Waals surface area contributed by atoms with Crippen molar-refractivity contribution in [3.8, 4) is 0 Å². The molecule has 0 saturated carbocycles. The molecule has 0 radical (unpaired) electrons. The number of fused-ring (bicyclic) bond motifs is 1. The molecule has 1 atom stereocenters. The Kier molecular flexibility index (Phi) is 4.93. The van der Waals surface area contributed by atoms with Crippen LogP contribution in [0.3, 0.4) is 0 Å². The highest BCUT2D eigenvalue weighted by atomic mass is 16.6. The highest BCUT2D eigenvalue weighted by molar-refractivity contribution is 6.23. The average Bonchev–Trinajstić information content (AvgIpc) is 2.83. The predicted molar refractivity (Wildman–Crippen MR) is 97.4 cm³/mol. The van der Waals surface area contributed by atoms with Gasteiger partial charge < -0.3 is 10.1 Å². The first kappa shape index (κ1) is 19.5. The Balaban J connectivity index is 1.74. The van der Waals surface area contributed by atoms with E-state index in [0.29, 0.717) is 5.69 Å². The number of esters is 1. The number of nitrogens with zero attached hydrogens (tertiary/aromatic N) is 1. The van der Waals surface area contributed by atoms with E-state index in [0.717, 1.165) is 4.90 Å². The maximum atomic E-state index is 12.7. The quantitative estimate of drug-likeness (QED) is 0.580. The molecule has 148 valence electrons. The van der Waals surface area contributed by atoms with E-state index in [-0.39, 0.29) is 30.5 Å². The van der Waals surface area contributed by atoms with Crippen molar-refractivity contribution < 1.29 is 28.7 Å². The molecular weight excluding hydrogens is 366 g/mol. The van der Waals surface area contributed by atoms with Gasteiger partial charge in [0.15, 0.2) is 0 Å². The first-order valence-electron chi connectivity index (χ1n) is 8.88. The number of hydrogen-bond acceptors (Lipinski definition) is 7. The fraction of sp³-hybridized carbons (Fsp3) is 0.421. The van der Waals surface area contributed by atoms with E-state index in [9.17, 15) is 24.0 Å². The SMILES string of the molecule is CC(C)(C)OC(=O)CNc1ccc2c(c1)C(=O)N(C1CCC(=O)NC1=O)C2=O. The number of hydrogen-bond donors (Lipinski definition) is 2. The summed E-state index contributed by atoms with van der Waals surface area (Å²) >= 11 is 0. The van der Waals surface area contributed by atoms with Crippen molar-refractivity contribution in [3.05, 3.63) is 29.3 Å². The van der Waals surface area contributed by atoms with Gasteiger partial charge in [0, 0.05) is 12.1 Å². The summed E-state index contributed by atoms with van der Waals surface area (Å²) in [6, 6.07) is 3.50. The molecule has 1 aromatic carbocycles. The second-order valence-electron chi connectivity index (χ2n) is 7.65. The first-order chi connectivity index (χ1) is 13.1. The van der Waals surface area contributed by atoms with Gasteiger partial charge in [-0.25, -0.2) is 0 Å². The fourth-order valence-corrected chi connectivity index (χ4v) is 3.13. The highest BCUT2D eigenvalue weighted by Crippen LogP contribution is 2.29. The van der Waals surface area contributed by atoms with Gasteiger partial charge in [0.2, 0.25) is 11.8 Å². The molecule has 0 bridgehead atoms. The molecule has 3 rings (SSSR count). The summed E-state index contributed by atoms with van der Waals surface area (Å²) < 4.78 is 5.20. The number of nitrogens with one attached hydrogen (secondary N) is 2. The standard InChI is InChI=1S/C19H21N3O6/c1-19(2,3)28-15(24)9-20-10-4-5-11-12(8-10)18(27)22(17(11)26)13-6-7-14(23)21-16(13)25/h4-5,8,13,20H,6-7,9H2,1-3H3,(H,21,23,25). The van der Waals surface area contributed by atoms with Crippen LogP contribution in [0.5, 0.6) is 0 Å². The van der Waals surface area contributed by atoms with E-state index in [4.69, 9.17) is 4.74 Å². The monoisotopic (exact) mass is 387 g/mol. The van der Waals surface area contributed by atoms with Crippen LogP contribution in [0.1, 0.15) is 54.3 Å². The van der Waals surface area contributed by atoms with E-state index in [1.54, 1.807) is 26.8 Å². The van der Waals surface area contributed by atoms with Gasteiger partial charge in [-0.2, -0.15) is 0 Å². The zero-order chi connectivity index (χ0) is 20.6. The fourth-order valence-electron chi connectivity index (χ4n) is 3.13. The summed E-state index contributed by atoms with van der Waals surface area (Å²) in [5.74, 6) is -2.72. The van der Waals surface area contributed by atoms with Gasteiger partial charge in [-0.15, -0.1) is 0 Å². The van der Waals surface area contributed by atoms with Crippen molar-refractivity contribution in [1.82, 2.24) is 10.2 Å². The van der Waals surface area contributed by atoms with Crippen LogP contribution in [0, 0.1) is 0 Å². The lowest BCUT2D eigenvalue weighted by atomic mass is 10.0. The van der Waals surface area contributed by atoms with Crippen LogP contribution in [0.2, 0.25) is 0 Å². The summed E-state index contributed by atoms with van der Waals surface area (Å²) in [6.45, 7) is 5.17. The van der Waals surface area contributed by atoms with Crippen LogP contribution in [0.4, 0.5) is 5.69 Å². The Morgan fingerprint density at radius 3 is 2.50 bits per heavy atom. The zero-order valence-electron chi connectivity index (χ0n) is 15.8. The Labute approximate surface area is 161 Å². The number of imide groups is 2. The second kappa shape index (κ2) is 7.06. The predicted octanol–water partition coefficient (Wildman–Crippen LogP) is 0.841. The molecule has 4 amide bonds. The van der Waals surface area contributed by atoms with Crippen molar-refractivity contribution >= 4 is 35.3 Å². The van der Waals surface area contributed by atoms with Crippen molar-refractivity contribution in [3.63, 3.8) is 0 Å². The Hall–Kier alpha value is -3.23. The average molecular weight is 387 g/mol. The van der Waals surface area contributed by atoms with Crippen LogP contribution in [0.25, 0.3) is 0 Å². The number of piperidine rings is 1. The molecule has 2 aliphatic rings. The van der Waals surface area contributed by atoms with Crippen molar-refractivity contribution in [1.29, 1.82) is 0 Å². The number of ether oxygens (including phenoxy) is 1. The molecular formula is C19H21N3O6. The molecule has 0 aromatic heterocycles. The smallest absolute Gasteiger partial charge is 0.325 e. The lowest BCUT2D eigenvalue weighted by Gasteiger charge is -2.27. The van der Waals surface area contributed by atoms with E-state index in [1.807, 2.05) is 0 Å². The van der Waals surface area contributed by atoms with Crippen LogP contribution in [0.15, 0.2) is 18.2 Å². The lowest BCUT2D eigenvalue weighted by molar-refractivity contribution is -0.152. The van der Waals surface area contributed by atoms with Gasteiger partial charge in [0.25, 0.3) is 11.8 Å². The van der Waals surface area contributed by atoms with Crippen molar-refractivity contribution in [2.45, 2.75) is 45.3 Å². The number of carbonyl (C=O) groups is 5. The molecule has 0 spiro atoms. The van der Waals surface area contributed by atoms with E-state index in [1.165, 1.54) is 12.1 Å². The summed E-state index contributed by atoms with van der Waals surface area (Å²) in [7, 11) is 0. The maximum absolute atomic E-state index is 12.7. The second-order valence-corrected chi connectivity index (χ2v) is 7.65. The van der Waals surface area contributed by atoms with Crippen LogP contribution in [-0.4, -0.2) is 52.7 Å². The summed E-state index contributed by atoms with van der Waals surface area (Å²) in [6.07, 6.45) is 0.159. The molecule has 1 aromatic rings. The van der Waals surface area contributed by atoms with Gasteiger partial charge in [-0.3, -0.25) is 34.2 Å². The van der Waals surface area contributed by atoms with E-state index < -0.39 is 41.2 Å². The summed E-state index contributed by atoms with van der Waals surface area (Å²) in [4.78, 5) is 61.4. The molecule has 1 unspecified atom stereocenters. The van der Waals surface area contributed by atoms with Gasteiger partial charge >= 0.3 is 5.97 Å². The minimum Gasteiger partial charge on any atom is -0.459 e. The van der Waals surface area contributed by atoms with Gasteiger partial charge in [0.05, 0.1) is 11.1 Å². The molecule has 2 aliphatic heterocycles. The number of amides is 4. The highest BCUT2D eigenvalue weighted by Gasteiger charge is 2.44. The van der Waals surface area contributed by atoms with Crippen molar-refractivity contribution in [2.24, 2.45) is 0 Å². The van der Waals surface area contributed by atoms with Crippen LogP contribution >= 0.6 is 0 Å². The molecule has 0 aliphatic carbocycles. The Morgan fingerprint density at radius 1 is 1.18 bits per heavy atom. The third kappa shape index (κ3) is 3.88. The largest absolute Gasteiger partial charge is 0.459 e. The minimum atomic E-state index is -1.01. The topological polar surface area (TPSA) is 122 Å². The summed E-state index contributed by atoms with van der Waals surface area (Å²) in [5.41, 5.74) is 0.180. The maximum Gasteiger partial charge on any atom is 0.325 e. The number of rotatable bonds is 4. The normalized spacial score (nSPS) is 19.4. The zero-order valence-corrected chi connectivity index (χ0v) is 15.8. The lowest BCUT2D eigenvalue weighted by Crippen LogP contribution is -2.54. The molecule has 28 heavy (non-hydrogen) atoms. The number of carbonyl (C=O) groups excluding carboxylic acids is 5. The van der Waals surface area contributed by atoms with E-state index in [2.05, 4.69) is 10.6 Å². The molecule has 2 N–H and O–H groups in total. The third-order valence-electron chi connectivity index (χ3n) is 4.30. The van der Waals surface area contributed by atoms with Gasteiger partial charge in [-0.05, 0) is 45.4 Å². The molecule has 9 nitrogen and oxygen atoms in total. The molecule has 1 fully saturated rings. The molecule has 1 saturated heterocycles. The molecule has 2 heterocycles. The van der Waals surface area contributed by atoms with Crippen molar-refractivity contribution in [2.75, 3.05) is 11.9 Å². The number of anilines is 1. The van der Waals surface area contributed by atoms with Crippen LogP contribution in [-0.2, 0) is 19.1 Å². The van der Waals surface area contributed by atoms with Gasteiger partial charge in [0.1, 0.15) is 18.2 Å². The first-order valence-corrected chi connectivity index (χ1v) is 8.88. The third-order valence-corrected chi connectivity index (χ3v) is 4.30. The minimum absolute atomic E-state index is 0.0620. The van der Waals surface area contributed by atoms with E-state index >= 15 is 0 Å². The number of benzene rings is 1. The Morgan fingerprint density at radius 2 is 1.86 bits per heavy atom. The summed E-state index contributed by atoms with van der Waals surface area (Å²) in [5, 5.41) is 5.01. The van der Waals surface area contributed by atoms with Crippen LogP contribution < -0.4 is 10.6 Å². The Bertz CT molecular complexity index is 886. The molecule has 9 heteroatoms. The van der Waals surface area contributed by atoms with Gasteiger partial charge in [-0.1, -0.05) is 0 Å².